The number of amides is 2. The third-order valence-electron chi connectivity index (χ3n) is 7.15. The summed E-state index contributed by atoms with van der Waals surface area (Å²) >= 11 is 0. The van der Waals surface area contributed by atoms with E-state index in [1.54, 1.807) is 11.0 Å². The number of para-hydroxylation sites is 1. The molecule has 6 atom stereocenters. The lowest BCUT2D eigenvalue weighted by atomic mass is 9.77. The average Bonchev–Trinajstić information content (AvgIpc) is 3.62. The predicted molar refractivity (Wildman–Crippen MR) is 121 cm³/mol. The van der Waals surface area contributed by atoms with Crippen LogP contribution in [-0.2, 0) is 19.1 Å². The van der Waals surface area contributed by atoms with Gasteiger partial charge < -0.3 is 34.6 Å². The minimum Gasteiger partial charge on any atom is -0.486 e. The minimum absolute atomic E-state index is 0.109. The number of rotatable bonds is 7. The highest BCUT2D eigenvalue weighted by Gasteiger charge is 2.51. The number of aliphatic hydroxyl groups excluding tert-OH is 2. The van der Waals surface area contributed by atoms with Gasteiger partial charge in [0.05, 0.1) is 24.7 Å². The molecule has 5 rings (SSSR count). The van der Waals surface area contributed by atoms with Crippen LogP contribution < -0.4 is 10.1 Å². The van der Waals surface area contributed by atoms with Crippen LogP contribution in [0.5, 0.6) is 5.75 Å². The molecule has 0 spiro atoms. The van der Waals surface area contributed by atoms with Crippen LogP contribution in [0.25, 0.3) is 0 Å². The van der Waals surface area contributed by atoms with Crippen LogP contribution in [0.2, 0.25) is 0 Å². The maximum absolute atomic E-state index is 13.6. The number of nitrogens with one attached hydrogen (secondary N) is 1. The molecule has 3 heterocycles. The molecule has 2 amide bonds. The van der Waals surface area contributed by atoms with Crippen molar-refractivity contribution in [3.63, 3.8) is 0 Å². The maximum Gasteiger partial charge on any atom is 0.252 e. The van der Waals surface area contributed by atoms with E-state index < -0.39 is 30.3 Å². The summed E-state index contributed by atoms with van der Waals surface area (Å²) in [6, 6.07) is 6.66. The standard InChI is InChI=1S/C25H32N2O7/c28-10-9-26-24(30)17-13-18(22(29)23-21(17)16-6-1-2-7-19(16)34-23)27(14-15-5-3-11-32-15)25(31)20-8-4-12-33-20/h1-2,6-7,13,15,18,20-23,28-29H,3-5,8-12,14H2,(H,26,30)/t15-,18-,20?,21+,22+,23+/m1/s1. The monoisotopic (exact) mass is 472 g/mol. The fraction of sp³-hybridized carbons (Fsp3) is 0.600. The van der Waals surface area contributed by atoms with Crippen molar-refractivity contribution in [1.82, 2.24) is 10.2 Å². The summed E-state index contributed by atoms with van der Waals surface area (Å²) in [5.41, 5.74) is 1.25. The van der Waals surface area contributed by atoms with E-state index in [-0.39, 0.29) is 31.1 Å². The van der Waals surface area contributed by atoms with Crippen molar-refractivity contribution in [2.75, 3.05) is 32.9 Å². The summed E-state index contributed by atoms with van der Waals surface area (Å²) in [6.07, 6.45) is 2.45. The van der Waals surface area contributed by atoms with Gasteiger partial charge in [0.2, 0.25) is 5.91 Å². The molecule has 0 aromatic heterocycles. The molecule has 3 N–H and O–H groups in total. The third kappa shape index (κ3) is 4.33. The van der Waals surface area contributed by atoms with Gasteiger partial charge in [-0.25, -0.2) is 0 Å². The number of ether oxygens (including phenoxy) is 3. The zero-order chi connectivity index (χ0) is 23.7. The lowest BCUT2D eigenvalue weighted by molar-refractivity contribution is -0.148. The first-order valence-corrected chi connectivity index (χ1v) is 12.2. The normalized spacial score (nSPS) is 31.9. The summed E-state index contributed by atoms with van der Waals surface area (Å²) in [7, 11) is 0. The Kier molecular flexibility index (Phi) is 6.87. The van der Waals surface area contributed by atoms with Crippen LogP contribution >= 0.6 is 0 Å². The summed E-state index contributed by atoms with van der Waals surface area (Å²) in [5, 5.41) is 23.5. The first-order valence-electron chi connectivity index (χ1n) is 12.2. The Morgan fingerprint density at radius 2 is 1.91 bits per heavy atom. The Hall–Kier alpha value is -2.46. The largest absolute Gasteiger partial charge is 0.486 e. The Labute approximate surface area is 198 Å². The van der Waals surface area contributed by atoms with Crippen LogP contribution in [0.3, 0.4) is 0 Å². The van der Waals surface area contributed by atoms with Gasteiger partial charge in [0.1, 0.15) is 24.1 Å². The number of hydrogen-bond acceptors (Lipinski definition) is 7. The molecule has 184 valence electrons. The molecular weight excluding hydrogens is 440 g/mol. The van der Waals surface area contributed by atoms with Crippen LogP contribution in [0, 0.1) is 0 Å². The second-order valence-electron chi connectivity index (χ2n) is 9.31. The number of hydrogen-bond donors (Lipinski definition) is 3. The van der Waals surface area contributed by atoms with Crippen molar-refractivity contribution in [3.8, 4) is 5.75 Å². The molecule has 2 fully saturated rings. The van der Waals surface area contributed by atoms with Crippen molar-refractivity contribution in [3.05, 3.63) is 41.5 Å². The van der Waals surface area contributed by atoms with Gasteiger partial charge in [-0.05, 0) is 37.8 Å². The summed E-state index contributed by atoms with van der Waals surface area (Å²) in [6.45, 7) is 1.41. The van der Waals surface area contributed by atoms with E-state index >= 15 is 0 Å². The first kappa shape index (κ1) is 23.3. The van der Waals surface area contributed by atoms with Crippen molar-refractivity contribution in [2.45, 2.75) is 62.1 Å². The SMILES string of the molecule is O=C(NCCO)C1=C[C@@H](N(C[C@H]2CCCO2)C(=O)C2CCCO2)[C@H](O)[C@H]2Oc3ccccc3[C@@H]12. The average molecular weight is 473 g/mol. The fourth-order valence-corrected chi connectivity index (χ4v) is 5.51. The van der Waals surface area contributed by atoms with Gasteiger partial charge >= 0.3 is 0 Å². The zero-order valence-corrected chi connectivity index (χ0v) is 19.1. The van der Waals surface area contributed by atoms with E-state index in [2.05, 4.69) is 5.32 Å². The molecule has 9 nitrogen and oxygen atoms in total. The van der Waals surface area contributed by atoms with Gasteiger partial charge in [0.15, 0.2) is 0 Å². The van der Waals surface area contributed by atoms with E-state index in [0.717, 1.165) is 24.8 Å². The molecule has 1 aromatic rings. The highest BCUT2D eigenvalue weighted by atomic mass is 16.5. The Balaban J connectivity index is 1.51. The first-order chi connectivity index (χ1) is 16.6. The molecule has 0 bridgehead atoms. The summed E-state index contributed by atoms with van der Waals surface area (Å²) < 4.78 is 17.6. The number of nitrogens with zero attached hydrogens (tertiary/aromatic N) is 1. The number of carbonyl (C=O) groups is 2. The fourth-order valence-electron chi connectivity index (χ4n) is 5.51. The molecule has 34 heavy (non-hydrogen) atoms. The van der Waals surface area contributed by atoms with Crippen molar-refractivity contribution < 1.29 is 34.0 Å². The number of fused-ring (bicyclic) bond motifs is 3. The van der Waals surface area contributed by atoms with Gasteiger partial charge in [-0.3, -0.25) is 9.59 Å². The van der Waals surface area contributed by atoms with Gasteiger partial charge in [-0.2, -0.15) is 0 Å². The number of benzene rings is 1. The lowest BCUT2D eigenvalue weighted by Gasteiger charge is -2.42. The van der Waals surface area contributed by atoms with E-state index in [1.165, 1.54) is 0 Å². The van der Waals surface area contributed by atoms with E-state index in [0.29, 0.717) is 37.5 Å². The topological polar surface area (TPSA) is 118 Å². The highest BCUT2D eigenvalue weighted by Crippen LogP contribution is 2.47. The summed E-state index contributed by atoms with van der Waals surface area (Å²) in [4.78, 5) is 28.4. The molecule has 3 aliphatic heterocycles. The second-order valence-corrected chi connectivity index (χ2v) is 9.31. The van der Waals surface area contributed by atoms with Gasteiger partial charge in [-0.1, -0.05) is 18.2 Å². The smallest absolute Gasteiger partial charge is 0.252 e. The molecule has 0 saturated carbocycles. The maximum atomic E-state index is 13.6. The minimum atomic E-state index is -1.04. The lowest BCUT2D eigenvalue weighted by Crippen LogP contribution is -2.58. The van der Waals surface area contributed by atoms with Gasteiger partial charge in [0, 0.05) is 37.4 Å². The molecule has 1 unspecified atom stereocenters. The molecule has 1 aromatic carbocycles. The summed E-state index contributed by atoms with van der Waals surface area (Å²) in [5.74, 6) is -0.391. The van der Waals surface area contributed by atoms with Gasteiger partial charge in [0.25, 0.3) is 5.91 Å². The Morgan fingerprint density at radius 3 is 2.65 bits per heavy atom. The van der Waals surface area contributed by atoms with E-state index in [1.807, 2.05) is 24.3 Å². The third-order valence-corrected chi connectivity index (χ3v) is 7.15. The quantitative estimate of drug-likeness (QED) is 0.529. The molecule has 1 aliphatic carbocycles. The molecule has 0 radical (unpaired) electrons. The number of aliphatic hydroxyl groups is 2. The molecule has 4 aliphatic rings. The molecule has 9 heteroatoms. The van der Waals surface area contributed by atoms with Gasteiger partial charge in [-0.15, -0.1) is 0 Å². The van der Waals surface area contributed by atoms with Crippen LogP contribution in [0.4, 0.5) is 0 Å². The second kappa shape index (κ2) is 10.0. The van der Waals surface area contributed by atoms with E-state index in [4.69, 9.17) is 14.2 Å². The van der Waals surface area contributed by atoms with Crippen LogP contribution in [0.1, 0.15) is 37.2 Å². The molecular formula is C25H32N2O7. The van der Waals surface area contributed by atoms with Crippen molar-refractivity contribution in [1.29, 1.82) is 0 Å². The highest BCUT2D eigenvalue weighted by molar-refractivity contribution is 5.96. The van der Waals surface area contributed by atoms with Crippen LogP contribution in [0.15, 0.2) is 35.9 Å². The van der Waals surface area contributed by atoms with Crippen molar-refractivity contribution >= 4 is 11.8 Å². The van der Waals surface area contributed by atoms with E-state index in [9.17, 15) is 19.8 Å². The number of carbonyl (C=O) groups excluding carboxylic acids is 2. The zero-order valence-electron chi connectivity index (χ0n) is 19.1. The predicted octanol–water partition coefficient (Wildman–Crippen LogP) is 0.496. The Bertz CT molecular complexity index is 939. The van der Waals surface area contributed by atoms with Crippen molar-refractivity contribution in [2.24, 2.45) is 0 Å². The Morgan fingerprint density at radius 1 is 1.12 bits per heavy atom. The molecule has 2 saturated heterocycles. The van der Waals surface area contributed by atoms with Crippen LogP contribution in [-0.4, -0.2) is 90.3 Å².